The van der Waals surface area contributed by atoms with Gasteiger partial charge in [0.25, 0.3) is 0 Å². The number of aliphatic hydroxyl groups is 1. The van der Waals surface area contributed by atoms with E-state index in [0.717, 1.165) is 29.0 Å². The number of hydrogen-bond donors (Lipinski definition) is 3. The largest absolute Gasteiger partial charge is 0.481 e. The second-order valence-corrected chi connectivity index (χ2v) is 12.6. The van der Waals surface area contributed by atoms with E-state index in [-0.39, 0.29) is 12.0 Å². The molecule has 2 rings (SSSR count). The summed E-state index contributed by atoms with van der Waals surface area (Å²) in [6, 6.07) is 6.30. The van der Waals surface area contributed by atoms with Crippen LogP contribution in [-0.2, 0) is 17.6 Å². The number of β-amino-alcohol motifs (C(OH)–C–C–N with tert-alkyl or cyclic N) is 1. The van der Waals surface area contributed by atoms with Gasteiger partial charge in [0.05, 0.1) is 14.6 Å². The van der Waals surface area contributed by atoms with Crippen molar-refractivity contribution in [2.75, 3.05) is 20.1 Å². The fraction of sp³-hybridized carbons (Fsp3) is 0.591. The number of hydrogen-bond acceptors (Lipinski definition) is 7. The van der Waals surface area contributed by atoms with Crippen LogP contribution in [0.15, 0.2) is 27.8 Å². The molecule has 2 aromatic heterocycles. The molecule has 0 unspecified atom stereocenters. The zero-order valence-corrected chi connectivity index (χ0v) is 21.6. The number of carboxylic acid groups (broad SMARTS) is 1. The van der Waals surface area contributed by atoms with Gasteiger partial charge in [-0.05, 0) is 88.0 Å². The van der Waals surface area contributed by atoms with Gasteiger partial charge in [0.15, 0.2) is 0 Å². The Hall–Kier alpha value is -0.610. The van der Waals surface area contributed by atoms with Crippen molar-refractivity contribution in [3.8, 4) is 0 Å². The van der Waals surface area contributed by atoms with Crippen LogP contribution in [0.3, 0.4) is 0 Å². The van der Waals surface area contributed by atoms with E-state index >= 15 is 0 Å². The number of carboxylic acids is 1. The predicted octanol–water partition coefficient (Wildman–Crippen LogP) is 5.56. The van der Waals surface area contributed by atoms with Gasteiger partial charge in [-0.3, -0.25) is 4.79 Å². The molecule has 5 nitrogen and oxygen atoms in total. The Morgan fingerprint density at radius 2 is 2.13 bits per heavy atom. The third-order valence-corrected chi connectivity index (χ3v) is 8.31. The highest BCUT2D eigenvalue weighted by atomic mass is 35.5. The zero-order valence-electron chi connectivity index (χ0n) is 18.4. The number of aryl methyl sites for hydroxylation is 2. The maximum atomic E-state index is 10.7. The van der Waals surface area contributed by atoms with Crippen molar-refractivity contribution in [1.82, 2.24) is 9.62 Å². The molecule has 0 saturated carbocycles. The van der Waals surface area contributed by atoms with Crippen LogP contribution in [0.25, 0.3) is 0 Å². The first-order valence-electron chi connectivity index (χ1n) is 10.5. The normalized spacial score (nSPS) is 13.1. The molecule has 0 aromatic carbocycles. The Balaban J connectivity index is 1.69. The lowest BCUT2D eigenvalue weighted by atomic mass is 9.96. The molecule has 0 amide bonds. The summed E-state index contributed by atoms with van der Waals surface area (Å²) >= 11 is 11.2. The third-order valence-electron chi connectivity index (χ3n) is 4.91. The number of thiophene rings is 2. The van der Waals surface area contributed by atoms with E-state index < -0.39 is 12.1 Å². The van der Waals surface area contributed by atoms with Crippen molar-refractivity contribution < 1.29 is 15.0 Å². The minimum absolute atomic E-state index is 0.0178. The van der Waals surface area contributed by atoms with Gasteiger partial charge >= 0.3 is 5.97 Å². The number of rotatable bonds is 15. The van der Waals surface area contributed by atoms with E-state index in [1.165, 1.54) is 16.2 Å². The van der Waals surface area contributed by atoms with E-state index in [2.05, 4.69) is 36.7 Å². The summed E-state index contributed by atoms with van der Waals surface area (Å²) in [7, 11) is 1.96. The highest BCUT2D eigenvalue weighted by Gasteiger charge is 2.19. The predicted molar refractivity (Wildman–Crippen MR) is 134 cm³/mol. The van der Waals surface area contributed by atoms with Crippen molar-refractivity contribution in [2.45, 2.75) is 68.2 Å². The lowest BCUT2D eigenvalue weighted by molar-refractivity contribution is -0.137. The van der Waals surface area contributed by atoms with Crippen molar-refractivity contribution >= 4 is 52.2 Å². The first kappa shape index (κ1) is 26.6. The number of halogens is 1. The monoisotopic (exact) mass is 504 g/mol. The molecule has 0 spiro atoms. The summed E-state index contributed by atoms with van der Waals surface area (Å²) in [4.78, 5) is 12.1. The number of likely N-dealkylation sites (N-methyl/N-ethyl adjacent to an activating group) is 1. The number of nitrogens with zero attached hydrogens (tertiary/aromatic N) is 1. The van der Waals surface area contributed by atoms with Gasteiger partial charge in [-0.2, -0.15) is 0 Å². The van der Waals surface area contributed by atoms with E-state index in [0.29, 0.717) is 30.3 Å². The molecule has 9 heteroatoms. The van der Waals surface area contributed by atoms with Gasteiger partial charge in [-0.1, -0.05) is 17.7 Å². The third kappa shape index (κ3) is 10.7. The second-order valence-electron chi connectivity index (χ2n) is 8.36. The van der Waals surface area contributed by atoms with Crippen LogP contribution in [0.4, 0.5) is 0 Å². The minimum atomic E-state index is -0.783. The summed E-state index contributed by atoms with van der Waals surface area (Å²) in [5, 5.41) is 24.9. The average molecular weight is 505 g/mol. The molecule has 31 heavy (non-hydrogen) atoms. The number of aliphatic carboxylic acids is 1. The van der Waals surface area contributed by atoms with E-state index in [1.54, 1.807) is 11.9 Å². The smallest absolute Gasteiger partial charge is 0.303 e. The first-order valence-corrected chi connectivity index (χ1v) is 13.3. The quantitative estimate of drug-likeness (QED) is 0.276. The van der Waals surface area contributed by atoms with Crippen LogP contribution in [0.1, 0.15) is 50.0 Å². The van der Waals surface area contributed by atoms with Gasteiger partial charge in [0.2, 0.25) is 0 Å². The maximum Gasteiger partial charge on any atom is 0.303 e. The SMILES string of the molecule is CN(C[C@H](O)CNC(C)(C)CCCc1cccs1)Sc1cc(CCCC(=O)O)c(Cl)s1. The lowest BCUT2D eigenvalue weighted by Gasteiger charge is -2.29. The molecule has 0 aliphatic heterocycles. The number of nitrogens with one attached hydrogen (secondary N) is 1. The van der Waals surface area contributed by atoms with Gasteiger partial charge in [-0.25, -0.2) is 4.31 Å². The van der Waals surface area contributed by atoms with Gasteiger partial charge in [-0.15, -0.1) is 22.7 Å². The van der Waals surface area contributed by atoms with Crippen molar-refractivity contribution in [2.24, 2.45) is 0 Å². The van der Waals surface area contributed by atoms with Crippen molar-refractivity contribution in [3.63, 3.8) is 0 Å². The van der Waals surface area contributed by atoms with Gasteiger partial charge in [0.1, 0.15) is 0 Å². The highest BCUT2D eigenvalue weighted by Crippen LogP contribution is 2.36. The first-order chi connectivity index (χ1) is 14.6. The zero-order chi connectivity index (χ0) is 22.9. The summed E-state index contributed by atoms with van der Waals surface area (Å²) in [6.45, 7) is 5.45. The molecule has 0 saturated heterocycles. The molecule has 1 atom stereocenters. The maximum absolute atomic E-state index is 10.7. The Morgan fingerprint density at radius 3 is 2.81 bits per heavy atom. The molecular formula is C22H33ClN2O3S3. The lowest BCUT2D eigenvalue weighted by Crippen LogP contribution is -2.45. The average Bonchev–Trinajstić information content (AvgIpc) is 3.30. The molecule has 2 heterocycles. The molecule has 0 radical (unpaired) electrons. The Bertz CT molecular complexity index is 796. The Labute approximate surface area is 202 Å². The molecule has 0 aliphatic rings. The molecule has 0 bridgehead atoms. The number of carbonyl (C=O) groups is 1. The summed E-state index contributed by atoms with van der Waals surface area (Å²) in [5.74, 6) is -0.783. The van der Waals surface area contributed by atoms with Crippen LogP contribution in [0, 0.1) is 0 Å². The summed E-state index contributed by atoms with van der Waals surface area (Å²) in [5.41, 5.74) is 0.978. The molecule has 0 fully saturated rings. The van der Waals surface area contributed by atoms with Crippen molar-refractivity contribution in [3.05, 3.63) is 38.4 Å². The summed E-state index contributed by atoms with van der Waals surface area (Å²) < 4.78 is 3.78. The van der Waals surface area contributed by atoms with E-state index in [1.807, 2.05) is 28.8 Å². The Kier molecular flexibility index (Phi) is 11.3. The van der Waals surface area contributed by atoms with E-state index in [9.17, 15) is 9.90 Å². The molecule has 0 aliphatic carbocycles. The van der Waals surface area contributed by atoms with Crippen LogP contribution in [-0.4, -0.2) is 52.3 Å². The fourth-order valence-corrected chi connectivity index (χ4v) is 6.71. The van der Waals surface area contributed by atoms with Crippen LogP contribution in [0.2, 0.25) is 4.34 Å². The van der Waals surface area contributed by atoms with Crippen LogP contribution in [0.5, 0.6) is 0 Å². The molecule has 174 valence electrons. The summed E-state index contributed by atoms with van der Waals surface area (Å²) in [6.07, 6.45) is 4.21. The molecule has 3 N–H and O–H groups in total. The second kappa shape index (κ2) is 13.2. The number of aliphatic hydroxyl groups excluding tert-OH is 1. The highest BCUT2D eigenvalue weighted by molar-refractivity contribution is 7.99. The van der Waals surface area contributed by atoms with Crippen LogP contribution < -0.4 is 5.32 Å². The fourth-order valence-electron chi connectivity index (χ4n) is 3.22. The van der Waals surface area contributed by atoms with Crippen molar-refractivity contribution in [1.29, 1.82) is 0 Å². The van der Waals surface area contributed by atoms with Gasteiger partial charge < -0.3 is 15.5 Å². The van der Waals surface area contributed by atoms with Gasteiger partial charge in [0, 0.05) is 29.9 Å². The van der Waals surface area contributed by atoms with Crippen LogP contribution >= 0.6 is 46.2 Å². The molecular weight excluding hydrogens is 472 g/mol. The Morgan fingerprint density at radius 1 is 1.35 bits per heavy atom. The topological polar surface area (TPSA) is 72.8 Å². The standard InChI is InChI=1S/C22H33ClN2O3S3/c1-22(2,11-5-8-18-9-6-12-29-18)24-14-17(26)15-25(3)31-20-13-16(21(23)30-20)7-4-10-19(27)28/h6,9,12-13,17,24,26H,4-5,7-8,10-11,14-15H2,1-3H3,(H,27,28)/t17-/m1/s1. The minimum Gasteiger partial charge on any atom is -0.481 e. The molecule has 2 aromatic rings. The van der Waals surface area contributed by atoms with E-state index in [4.69, 9.17) is 16.7 Å².